The Kier molecular flexibility index (Phi) is 11.3. The van der Waals surface area contributed by atoms with Gasteiger partial charge in [0.15, 0.2) is 0 Å². The zero-order valence-electron chi connectivity index (χ0n) is 23.6. The van der Waals surface area contributed by atoms with Gasteiger partial charge in [-0.1, -0.05) is 61.4 Å². The van der Waals surface area contributed by atoms with Crippen molar-refractivity contribution in [1.29, 1.82) is 0 Å². The van der Waals surface area contributed by atoms with Crippen LogP contribution in [0.4, 0.5) is 4.79 Å². The summed E-state index contributed by atoms with van der Waals surface area (Å²) >= 11 is 0. The molecule has 1 heterocycles. The Morgan fingerprint density at radius 3 is 2.43 bits per heavy atom. The molecule has 0 bridgehead atoms. The molecule has 0 spiro atoms. The van der Waals surface area contributed by atoms with Crippen molar-refractivity contribution in [1.82, 2.24) is 20.9 Å². The maximum atomic E-state index is 13.4. The second kappa shape index (κ2) is 14.1. The third-order valence-corrected chi connectivity index (χ3v) is 8.33. The number of rotatable bonds is 11. The van der Waals surface area contributed by atoms with Gasteiger partial charge in [-0.2, -0.15) is 0 Å². The Hall–Kier alpha value is -2.12. The minimum absolute atomic E-state index is 0.0122. The molecule has 3 amide bonds. The number of piperidine rings is 1. The van der Waals surface area contributed by atoms with E-state index in [-0.39, 0.29) is 23.9 Å². The lowest BCUT2D eigenvalue weighted by Gasteiger charge is -2.43. The lowest BCUT2D eigenvalue weighted by molar-refractivity contribution is -0.119. The molecule has 0 radical (unpaired) electrons. The van der Waals surface area contributed by atoms with E-state index in [0.29, 0.717) is 38.4 Å². The third-order valence-electron chi connectivity index (χ3n) is 8.33. The average Bonchev–Trinajstić information content (AvgIpc) is 2.86. The average molecular weight is 515 g/mol. The summed E-state index contributed by atoms with van der Waals surface area (Å²) in [5, 5.41) is 21.7. The van der Waals surface area contributed by atoms with Crippen molar-refractivity contribution in [3.63, 3.8) is 0 Å². The number of hydrogen-bond donors (Lipinski definition) is 4. The second-order valence-corrected chi connectivity index (χ2v) is 11.6. The van der Waals surface area contributed by atoms with Crippen LogP contribution in [-0.4, -0.2) is 61.2 Å². The molecule has 1 saturated heterocycles. The van der Waals surface area contributed by atoms with Gasteiger partial charge in [-0.15, -0.1) is 0 Å². The van der Waals surface area contributed by atoms with Crippen LogP contribution in [0.15, 0.2) is 18.2 Å². The van der Waals surface area contributed by atoms with Crippen LogP contribution < -0.4 is 16.0 Å². The number of nitrogens with zero attached hydrogens (tertiary/aromatic N) is 1. The van der Waals surface area contributed by atoms with E-state index >= 15 is 0 Å². The Morgan fingerprint density at radius 1 is 1.08 bits per heavy atom. The van der Waals surface area contributed by atoms with E-state index in [1.807, 2.05) is 11.9 Å². The van der Waals surface area contributed by atoms with Gasteiger partial charge in [-0.25, -0.2) is 4.79 Å². The number of urea groups is 1. The topological polar surface area (TPSA) is 93.7 Å². The second-order valence-electron chi connectivity index (χ2n) is 11.6. The van der Waals surface area contributed by atoms with Crippen LogP contribution >= 0.6 is 0 Å². The number of hydrogen-bond acceptors (Lipinski definition) is 4. The highest BCUT2D eigenvalue weighted by Crippen LogP contribution is 2.40. The SMILES string of the molecule is CNC[C@H](CC1CCCCC1)NC(=O)N1CCC[C@@H]([C@@](O)(CCCNC(C)=O)c2cc(C)cc(C)c2)C1. The molecule has 7 nitrogen and oxygen atoms in total. The molecule has 208 valence electrons. The lowest BCUT2D eigenvalue weighted by atomic mass is 9.73. The number of aryl methyl sites for hydroxylation is 2. The Bertz CT molecular complexity index is 865. The molecule has 1 aliphatic heterocycles. The lowest BCUT2D eigenvalue weighted by Crippen LogP contribution is -2.54. The van der Waals surface area contributed by atoms with Gasteiger partial charge in [0.1, 0.15) is 0 Å². The van der Waals surface area contributed by atoms with Crippen molar-refractivity contribution in [3.8, 4) is 0 Å². The van der Waals surface area contributed by atoms with Gasteiger partial charge >= 0.3 is 6.03 Å². The molecular weight excluding hydrogens is 464 g/mol. The van der Waals surface area contributed by atoms with Crippen molar-refractivity contribution in [2.75, 3.05) is 33.2 Å². The van der Waals surface area contributed by atoms with E-state index in [0.717, 1.165) is 42.5 Å². The third kappa shape index (κ3) is 8.71. The predicted molar refractivity (Wildman–Crippen MR) is 149 cm³/mol. The Morgan fingerprint density at radius 2 is 1.78 bits per heavy atom. The first kappa shape index (κ1) is 29.4. The van der Waals surface area contributed by atoms with E-state index in [1.54, 1.807) is 0 Å². The van der Waals surface area contributed by atoms with Crippen LogP contribution in [0.1, 0.15) is 87.8 Å². The van der Waals surface area contributed by atoms with E-state index < -0.39 is 5.60 Å². The number of amides is 3. The molecule has 1 aromatic carbocycles. The number of carbonyl (C=O) groups is 2. The molecular formula is C30H50N4O3. The molecule has 0 unspecified atom stereocenters. The highest BCUT2D eigenvalue weighted by Gasteiger charge is 2.41. The molecule has 1 aromatic rings. The fourth-order valence-corrected chi connectivity index (χ4v) is 6.51. The molecule has 2 aliphatic rings. The van der Waals surface area contributed by atoms with Gasteiger partial charge in [0.2, 0.25) is 5.91 Å². The number of benzene rings is 1. The zero-order chi connectivity index (χ0) is 26.8. The summed E-state index contributed by atoms with van der Waals surface area (Å²) in [7, 11) is 1.95. The minimum Gasteiger partial charge on any atom is -0.385 e. The molecule has 4 N–H and O–H groups in total. The van der Waals surface area contributed by atoms with Crippen molar-refractivity contribution in [3.05, 3.63) is 34.9 Å². The fraction of sp³-hybridized carbons (Fsp3) is 0.733. The summed E-state index contributed by atoms with van der Waals surface area (Å²) in [5.41, 5.74) is 2.11. The molecule has 1 saturated carbocycles. The maximum Gasteiger partial charge on any atom is 0.317 e. The number of nitrogens with one attached hydrogen (secondary N) is 3. The number of aliphatic hydroxyl groups is 1. The predicted octanol–water partition coefficient (Wildman–Crippen LogP) is 4.39. The highest BCUT2D eigenvalue weighted by molar-refractivity contribution is 5.74. The molecule has 0 aromatic heterocycles. The van der Waals surface area contributed by atoms with Gasteiger partial charge in [0.05, 0.1) is 5.60 Å². The van der Waals surface area contributed by atoms with Gasteiger partial charge in [-0.05, 0) is 64.5 Å². The van der Waals surface area contributed by atoms with Crippen molar-refractivity contribution in [2.24, 2.45) is 11.8 Å². The quantitative estimate of drug-likeness (QED) is 0.330. The summed E-state index contributed by atoms with van der Waals surface area (Å²) in [6, 6.07) is 6.39. The highest BCUT2D eigenvalue weighted by atomic mass is 16.3. The first-order valence-corrected chi connectivity index (χ1v) is 14.5. The molecule has 3 rings (SSSR count). The molecule has 1 aliphatic carbocycles. The zero-order valence-corrected chi connectivity index (χ0v) is 23.6. The minimum atomic E-state index is -1.05. The summed E-state index contributed by atoms with van der Waals surface area (Å²) in [6.45, 7) is 8.19. The van der Waals surface area contributed by atoms with Gasteiger partial charge in [0.25, 0.3) is 0 Å². The molecule has 7 heteroatoms. The fourth-order valence-electron chi connectivity index (χ4n) is 6.51. The molecule has 37 heavy (non-hydrogen) atoms. The molecule has 2 fully saturated rings. The van der Waals surface area contributed by atoms with Crippen LogP contribution in [-0.2, 0) is 10.4 Å². The summed E-state index contributed by atoms with van der Waals surface area (Å²) in [5.74, 6) is 0.575. The van der Waals surface area contributed by atoms with Crippen LogP contribution in [0.2, 0.25) is 0 Å². The maximum absolute atomic E-state index is 13.4. The van der Waals surface area contributed by atoms with Gasteiger partial charge < -0.3 is 26.0 Å². The first-order chi connectivity index (χ1) is 17.7. The monoisotopic (exact) mass is 514 g/mol. The van der Waals surface area contributed by atoms with E-state index in [2.05, 4.69) is 48.0 Å². The van der Waals surface area contributed by atoms with Crippen LogP contribution in [0.5, 0.6) is 0 Å². The van der Waals surface area contributed by atoms with E-state index in [9.17, 15) is 14.7 Å². The van der Waals surface area contributed by atoms with Gasteiger partial charge in [-0.3, -0.25) is 4.79 Å². The Labute approximate surface area is 224 Å². The van der Waals surface area contributed by atoms with Crippen molar-refractivity contribution < 1.29 is 14.7 Å². The summed E-state index contributed by atoms with van der Waals surface area (Å²) in [6.07, 6.45) is 10.5. The molecule has 3 atom stereocenters. The summed E-state index contributed by atoms with van der Waals surface area (Å²) in [4.78, 5) is 26.7. The van der Waals surface area contributed by atoms with Crippen molar-refractivity contribution >= 4 is 11.9 Å². The smallest absolute Gasteiger partial charge is 0.317 e. The normalized spacial score (nSPS) is 21.2. The summed E-state index contributed by atoms with van der Waals surface area (Å²) < 4.78 is 0. The standard InChI is InChI=1S/C30H50N4O3/c1-22-16-23(2)18-27(17-22)30(37,13-9-14-32-24(3)35)26-12-8-15-34(21-26)29(36)33-28(20-31-4)19-25-10-6-5-7-11-25/h16-18,25-26,28,31,37H,5-15,19-21H2,1-4H3,(H,32,35)(H,33,36)/t26-,28+,30+/m1/s1. The number of carbonyl (C=O) groups excluding carboxylic acids is 2. The van der Waals surface area contributed by atoms with E-state index in [4.69, 9.17) is 0 Å². The number of likely N-dealkylation sites (tertiary alicyclic amines) is 1. The largest absolute Gasteiger partial charge is 0.385 e. The number of likely N-dealkylation sites (N-methyl/N-ethyl adjacent to an activating group) is 1. The van der Waals surface area contributed by atoms with E-state index in [1.165, 1.54) is 39.0 Å². The first-order valence-electron chi connectivity index (χ1n) is 14.5. The van der Waals surface area contributed by atoms with Crippen LogP contribution in [0, 0.1) is 25.7 Å². The van der Waals surface area contributed by atoms with Crippen molar-refractivity contribution in [2.45, 2.75) is 96.6 Å². The van der Waals surface area contributed by atoms with Crippen LogP contribution in [0.25, 0.3) is 0 Å². The van der Waals surface area contributed by atoms with Gasteiger partial charge in [0, 0.05) is 45.1 Å². The Balaban J connectivity index is 1.71. The van der Waals surface area contributed by atoms with Crippen LogP contribution in [0.3, 0.4) is 0 Å².